The average Bonchev–Trinajstić information content (AvgIpc) is 3.02. The van der Waals surface area contributed by atoms with E-state index < -0.39 is 0 Å². The van der Waals surface area contributed by atoms with Crippen molar-refractivity contribution in [3.05, 3.63) is 29.8 Å². The Bertz CT molecular complexity index is 552. The predicted octanol–water partition coefficient (Wildman–Crippen LogP) is 3.08. The van der Waals surface area contributed by atoms with Gasteiger partial charge in [0.1, 0.15) is 5.75 Å². The van der Waals surface area contributed by atoms with E-state index in [1.54, 1.807) is 7.11 Å². The van der Waals surface area contributed by atoms with Crippen LogP contribution in [0.5, 0.6) is 5.75 Å². The summed E-state index contributed by atoms with van der Waals surface area (Å²) in [7, 11) is 1.65. The zero-order valence-corrected chi connectivity index (χ0v) is 14.4. The third-order valence-corrected chi connectivity index (χ3v) is 3.88. The molecule has 0 saturated carbocycles. The highest BCUT2D eigenvalue weighted by molar-refractivity contribution is 6.01. The van der Waals surface area contributed by atoms with Gasteiger partial charge in [0.25, 0.3) is 0 Å². The van der Waals surface area contributed by atoms with Crippen molar-refractivity contribution in [2.75, 3.05) is 20.2 Å². The molecule has 0 N–H and O–H groups in total. The summed E-state index contributed by atoms with van der Waals surface area (Å²) in [6.07, 6.45) is 1.59. The minimum atomic E-state index is -0.0682. The van der Waals surface area contributed by atoms with Crippen LogP contribution in [0.3, 0.4) is 0 Å². The summed E-state index contributed by atoms with van der Waals surface area (Å²) in [6.45, 7) is 7.29. The molecule has 126 valence electrons. The van der Waals surface area contributed by atoms with Gasteiger partial charge in [-0.15, -0.1) is 0 Å². The van der Waals surface area contributed by atoms with E-state index in [0.717, 1.165) is 36.4 Å². The van der Waals surface area contributed by atoms with E-state index in [1.807, 2.05) is 43.0 Å². The number of carbonyl (C=O) groups excluding carboxylic acids is 1. The van der Waals surface area contributed by atoms with Crippen molar-refractivity contribution in [1.29, 1.82) is 0 Å². The Labute approximate surface area is 138 Å². The number of benzene rings is 1. The van der Waals surface area contributed by atoms with E-state index in [-0.39, 0.29) is 17.9 Å². The molecule has 1 atom stereocenters. The maximum atomic E-state index is 12.3. The van der Waals surface area contributed by atoms with Crippen molar-refractivity contribution in [2.45, 2.75) is 39.7 Å². The summed E-state index contributed by atoms with van der Waals surface area (Å²) in [5, 5.41) is 4.20. The Morgan fingerprint density at radius 2 is 2.09 bits per heavy atom. The molecule has 1 aliphatic rings. The quantitative estimate of drug-likeness (QED) is 0.776. The summed E-state index contributed by atoms with van der Waals surface area (Å²) in [5.41, 5.74) is 1.96. The zero-order chi connectivity index (χ0) is 16.8. The second-order valence-corrected chi connectivity index (χ2v) is 6.14. The van der Waals surface area contributed by atoms with Gasteiger partial charge in [-0.3, -0.25) is 4.79 Å². The van der Waals surface area contributed by atoms with Crippen LogP contribution < -0.4 is 4.74 Å². The van der Waals surface area contributed by atoms with Crippen molar-refractivity contribution >= 4 is 11.6 Å². The molecule has 0 radical (unpaired) electrons. The molecule has 5 nitrogen and oxygen atoms in total. The lowest BCUT2D eigenvalue weighted by Gasteiger charge is -2.26. The fourth-order valence-corrected chi connectivity index (χ4v) is 2.65. The number of rotatable bonds is 7. The number of hydrogen-bond acceptors (Lipinski definition) is 4. The van der Waals surface area contributed by atoms with Crippen LogP contribution in [0, 0.1) is 5.92 Å². The molecule has 0 aliphatic carbocycles. The first-order valence-electron chi connectivity index (χ1n) is 8.21. The van der Waals surface area contributed by atoms with Gasteiger partial charge in [-0.25, -0.2) is 0 Å². The minimum Gasteiger partial charge on any atom is -0.497 e. The molecule has 1 aliphatic heterocycles. The maximum Gasteiger partial charge on any atom is 0.225 e. The van der Waals surface area contributed by atoms with E-state index in [9.17, 15) is 4.79 Å². The van der Waals surface area contributed by atoms with Gasteiger partial charge in [0, 0.05) is 18.9 Å². The minimum absolute atomic E-state index is 0.00456. The highest BCUT2D eigenvalue weighted by Crippen LogP contribution is 2.20. The highest BCUT2D eigenvalue weighted by Gasteiger charge is 2.27. The number of methoxy groups -OCH3 is 1. The molecule has 0 fully saturated rings. The van der Waals surface area contributed by atoms with E-state index in [0.29, 0.717) is 6.54 Å². The molecule has 1 heterocycles. The Morgan fingerprint density at radius 1 is 1.39 bits per heavy atom. The third kappa shape index (κ3) is 4.47. The smallest absolute Gasteiger partial charge is 0.225 e. The van der Waals surface area contributed by atoms with Crippen LogP contribution in [0.2, 0.25) is 0 Å². The normalized spacial score (nSPS) is 16.9. The molecule has 23 heavy (non-hydrogen) atoms. The fourth-order valence-electron chi connectivity index (χ4n) is 2.65. The molecule has 0 aromatic heterocycles. The van der Waals surface area contributed by atoms with Crippen LogP contribution in [0.1, 0.15) is 39.2 Å². The second-order valence-electron chi connectivity index (χ2n) is 6.14. The summed E-state index contributed by atoms with van der Waals surface area (Å²) in [5.74, 6) is 1.000. The van der Waals surface area contributed by atoms with Gasteiger partial charge in [-0.05, 0) is 36.2 Å². The summed E-state index contributed by atoms with van der Waals surface area (Å²) >= 11 is 0. The monoisotopic (exact) mass is 318 g/mol. The standard InChI is InChI=1S/C18H26N2O3/c1-5-10-20(18(21)13(2)3)12-16-11-17(19-23-16)14-6-8-15(22-4)9-7-14/h6-9,13,16H,5,10-12H2,1-4H3/t16-/m1/s1. The summed E-state index contributed by atoms with van der Waals surface area (Å²) in [6, 6.07) is 7.78. The van der Waals surface area contributed by atoms with Crippen LogP contribution in [0.15, 0.2) is 29.4 Å². The molecule has 0 unspecified atom stereocenters. The van der Waals surface area contributed by atoms with Crippen molar-refractivity contribution in [3.8, 4) is 5.75 Å². The molecule has 2 rings (SSSR count). The molecule has 1 aromatic rings. The number of hydrogen-bond donors (Lipinski definition) is 0. The summed E-state index contributed by atoms with van der Waals surface area (Å²) in [4.78, 5) is 19.7. The van der Waals surface area contributed by atoms with Crippen molar-refractivity contribution < 1.29 is 14.4 Å². The summed E-state index contributed by atoms with van der Waals surface area (Å²) < 4.78 is 5.17. The van der Waals surface area contributed by atoms with Gasteiger partial charge >= 0.3 is 0 Å². The Balaban J connectivity index is 1.95. The molecule has 0 saturated heterocycles. The fraction of sp³-hybridized carbons (Fsp3) is 0.556. The largest absolute Gasteiger partial charge is 0.497 e. The van der Waals surface area contributed by atoms with E-state index in [4.69, 9.17) is 9.57 Å². The third-order valence-electron chi connectivity index (χ3n) is 3.88. The van der Waals surface area contributed by atoms with Crippen molar-refractivity contribution in [2.24, 2.45) is 11.1 Å². The number of oxime groups is 1. The van der Waals surface area contributed by atoms with Crippen LogP contribution >= 0.6 is 0 Å². The first-order chi connectivity index (χ1) is 11.0. The second kappa shape index (κ2) is 7.99. The average molecular weight is 318 g/mol. The van der Waals surface area contributed by atoms with Crippen LogP contribution in [0.4, 0.5) is 0 Å². The van der Waals surface area contributed by atoms with Crippen LogP contribution in [0.25, 0.3) is 0 Å². The molecule has 1 aromatic carbocycles. The van der Waals surface area contributed by atoms with E-state index >= 15 is 0 Å². The number of nitrogens with zero attached hydrogens (tertiary/aromatic N) is 2. The van der Waals surface area contributed by atoms with Gasteiger partial charge < -0.3 is 14.5 Å². The van der Waals surface area contributed by atoms with Crippen LogP contribution in [-0.2, 0) is 9.63 Å². The Morgan fingerprint density at radius 3 is 2.65 bits per heavy atom. The van der Waals surface area contributed by atoms with Gasteiger partial charge in [-0.1, -0.05) is 25.9 Å². The van der Waals surface area contributed by atoms with Gasteiger partial charge in [0.2, 0.25) is 5.91 Å². The van der Waals surface area contributed by atoms with Crippen molar-refractivity contribution in [1.82, 2.24) is 4.90 Å². The maximum absolute atomic E-state index is 12.3. The number of carbonyl (C=O) groups is 1. The van der Waals surface area contributed by atoms with Crippen LogP contribution in [-0.4, -0.2) is 42.8 Å². The number of amides is 1. The topological polar surface area (TPSA) is 51.1 Å². The van der Waals surface area contributed by atoms with Crippen molar-refractivity contribution in [3.63, 3.8) is 0 Å². The SMILES string of the molecule is CCCN(C[C@H]1CC(c2ccc(OC)cc2)=NO1)C(=O)C(C)C. The van der Waals surface area contributed by atoms with E-state index in [1.165, 1.54) is 0 Å². The molecule has 0 spiro atoms. The van der Waals surface area contributed by atoms with E-state index in [2.05, 4.69) is 12.1 Å². The van der Waals surface area contributed by atoms with Gasteiger partial charge in [0.05, 0.1) is 19.4 Å². The van der Waals surface area contributed by atoms with Gasteiger partial charge in [0.15, 0.2) is 6.10 Å². The Kier molecular flexibility index (Phi) is 6.02. The zero-order valence-electron chi connectivity index (χ0n) is 14.4. The molecule has 1 amide bonds. The molecule has 0 bridgehead atoms. The molecular formula is C18H26N2O3. The first kappa shape index (κ1) is 17.3. The van der Waals surface area contributed by atoms with Gasteiger partial charge in [-0.2, -0.15) is 0 Å². The predicted molar refractivity (Wildman–Crippen MR) is 90.7 cm³/mol. The molecular weight excluding hydrogens is 292 g/mol. The number of ether oxygens (including phenoxy) is 1. The molecule has 5 heteroatoms. The first-order valence-corrected chi connectivity index (χ1v) is 8.21. The highest BCUT2D eigenvalue weighted by atomic mass is 16.6. The lowest BCUT2D eigenvalue weighted by Crippen LogP contribution is -2.40. The lowest BCUT2D eigenvalue weighted by molar-refractivity contribution is -0.136. The Hall–Kier alpha value is -2.04. The lowest BCUT2D eigenvalue weighted by atomic mass is 10.0.